The summed E-state index contributed by atoms with van der Waals surface area (Å²) in [5.41, 5.74) is -0.0273. The molecule has 0 saturated carbocycles. The van der Waals surface area contributed by atoms with Gasteiger partial charge in [0.25, 0.3) is 0 Å². The van der Waals surface area contributed by atoms with Crippen molar-refractivity contribution in [2.24, 2.45) is 5.41 Å². The minimum Gasteiger partial charge on any atom is -0.481 e. The predicted molar refractivity (Wildman–Crippen MR) is 158 cm³/mol. The lowest BCUT2D eigenvalue weighted by Gasteiger charge is -2.38. The molecule has 0 aliphatic carbocycles. The van der Waals surface area contributed by atoms with Gasteiger partial charge in [0.15, 0.2) is 5.65 Å². The van der Waals surface area contributed by atoms with Crippen LogP contribution in [0.25, 0.3) is 5.65 Å². The van der Waals surface area contributed by atoms with Crippen LogP contribution in [0.5, 0.6) is 5.88 Å². The standard InChI is InChI=1S/C31H32F3N5O6S/c1-19-6-7-20(25(29(2,3)28(40)41)21-8-12-39-24(16-21)36-37-27(39)31(32,33)34)15-22(19)17-38-18-30(9-13-44-14-10-30)45-26-23(46(38,42)43)5-4-11-35-26/h4-8,11-12,15-16,25H,9-10,13-14,17-18H2,1-3H3,(H,40,41)/t25-/m0/s1. The number of hydrogen-bond acceptors (Lipinski definition) is 8. The Morgan fingerprint density at radius 1 is 1.09 bits per heavy atom. The Hall–Kier alpha value is -4.08. The maximum atomic E-state index is 14.1. The number of carbonyl (C=O) groups is 1. The molecule has 1 saturated heterocycles. The van der Waals surface area contributed by atoms with Crippen molar-refractivity contribution >= 4 is 21.6 Å². The third-order valence-corrected chi connectivity index (χ3v) is 10.7. The first-order valence-electron chi connectivity index (χ1n) is 14.6. The van der Waals surface area contributed by atoms with E-state index in [-0.39, 0.29) is 29.5 Å². The maximum Gasteiger partial charge on any atom is 0.452 e. The summed E-state index contributed by atoms with van der Waals surface area (Å²) in [5, 5.41) is 17.3. The Labute approximate surface area is 263 Å². The zero-order chi connectivity index (χ0) is 33.1. The smallest absolute Gasteiger partial charge is 0.452 e. The second kappa shape index (κ2) is 11.3. The largest absolute Gasteiger partial charge is 0.481 e. The Kier molecular flexibility index (Phi) is 7.84. The normalized spacial score (nSPS) is 18.9. The highest BCUT2D eigenvalue weighted by Crippen LogP contribution is 2.43. The van der Waals surface area contributed by atoms with E-state index in [0.717, 1.165) is 9.96 Å². The van der Waals surface area contributed by atoms with Crippen LogP contribution >= 0.6 is 0 Å². The van der Waals surface area contributed by atoms with Gasteiger partial charge in [-0.25, -0.2) is 13.4 Å². The molecule has 0 amide bonds. The van der Waals surface area contributed by atoms with E-state index in [4.69, 9.17) is 9.47 Å². The van der Waals surface area contributed by atoms with Gasteiger partial charge < -0.3 is 14.6 Å². The number of alkyl halides is 3. The fourth-order valence-corrected chi connectivity index (χ4v) is 7.79. The molecule has 0 unspecified atom stereocenters. The van der Waals surface area contributed by atoms with Gasteiger partial charge in [-0.1, -0.05) is 18.2 Å². The molecule has 15 heteroatoms. The third kappa shape index (κ3) is 5.60. The van der Waals surface area contributed by atoms with Gasteiger partial charge in [-0.05, 0) is 67.3 Å². The fourth-order valence-electron chi connectivity index (χ4n) is 6.24. The fraction of sp³-hybridized carbons (Fsp3) is 0.419. The van der Waals surface area contributed by atoms with Gasteiger partial charge in [0, 0.05) is 37.7 Å². The monoisotopic (exact) mass is 659 g/mol. The predicted octanol–water partition coefficient (Wildman–Crippen LogP) is 4.83. The third-order valence-electron chi connectivity index (χ3n) is 8.88. The quantitative estimate of drug-likeness (QED) is 0.309. The topological polar surface area (TPSA) is 136 Å². The van der Waals surface area contributed by atoms with Crippen LogP contribution in [0.1, 0.15) is 60.7 Å². The maximum absolute atomic E-state index is 14.1. The molecule has 4 aromatic rings. The number of aromatic nitrogens is 4. The minimum absolute atomic E-state index is 0.0400. The van der Waals surface area contributed by atoms with E-state index < -0.39 is 44.9 Å². The van der Waals surface area contributed by atoms with Crippen LogP contribution in [0.2, 0.25) is 0 Å². The summed E-state index contributed by atoms with van der Waals surface area (Å²) in [5.74, 6) is -3.13. The molecule has 11 nitrogen and oxygen atoms in total. The molecule has 1 N–H and O–H groups in total. The molecule has 6 rings (SSSR count). The van der Waals surface area contributed by atoms with Gasteiger partial charge in [0.1, 0.15) is 10.5 Å². The van der Waals surface area contributed by atoms with Crippen molar-refractivity contribution in [3.63, 3.8) is 0 Å². The van der Waals surface area contributed by atoms with Crippen molar-refractivity contribution in [1.29, 1.82) is 0 Å². The van der Waals surface area contributed by atoms with Crippen LogP contribution in [0.4, 0.5) is 13.2 Å². The minimum atomic E-state index is -4.73. The van der Waals surface area contributed by atoms with Crippen molar-refractivity contribution < 1.29 is 41.0 Å². The number of fused-ring (bicyclic) bond motifs is 2. The highest BCUT2D eigenvalue weighted by molar-refractivity contribution is 7.89. The van der Waals surface area contributed by atoms with Crippen molar-refractivity contribution in [3.05, 3.63) is 82.9 Å². The molecular formula is C31H32F3N5O6S. The van der Waals surface area contributed by atoms with Gasteiger partial charge in [0.2, 0.25) is 21.7 Å². The van der Waals surface area contributed by atoms with Gasteiger partial charge in [0.05, 0.1) is 25.2 Å². The lowest BCUT2D eigenvalue weighted by Crippen LogP contribution is -2.50. The number of hydrogen-bond donors (Lipinski definition) is 1. The molecule has 46 heavy (non-hydrogen) atoms. The number of halogens is 3. The van der Waals surface area contributed by atoms with Gasteiger partial charge in [-0.3, -0.25) is 9.20 Å². The summed E-state index contributed by atoms with van der Waals surface area (Å²) in [6.45, 7) is 5.70. The highest BCUT2D eigenvalue weighted by Gasteiger charge is 2.46. The molecule has 0 radical (unpaired) electrons. The van der Waals surface area contributed by atoms with Crippen LogP contribution in [-0.4, -0.2) is 68.7 Å². The summed E-state index contributed by atoms with van der Waals surface area (Å²) < 4.78 is 82.5. The Morgan fingerprint density at radius 2 is 1.80 bits per heavy atom. The SMILES string of the molecule is Cc1ccc([C@@H](c2ccn3c(C(F)(F)F)nnc3c2)C(C)(C)C(=O)O)cc1CN1CC2(CCOCC2)Oc2ncccc2S1(=O)=O. The molecule has 1 aromatic carbocycles. The number of sulfonamides is 1. The highest BCUT2D eigenvalue weighted by atomic mass is 32.2. The van der Waals surface area contributed by atoms with Crippen LogP contribution in [0.3, 0.4) is 0 Å². The zero-order valence-electron chi connectivity index (χ0n) is 25.3. The average molecular weight is 660 g/mol. The summed E-state index contributed by atoms with van der Waals surface area (Å²) in [7, 11) is -4.07. The molecule has 1 atom stereocenters. The van der Waals surface area contributed by atoms with Crippen LogP contribution in [0.15, 0.2) is 59.8 Å². The number of pyridine rings is 2. The molecular weight excluding hydrogens is 627 g/mol. The number of rotatable bonds is 6. The molecule has 5 heterocycles. The zero-order valence-corrected chi connectivity index (χ0v) is 26.1. The molecule has 1 spiro atoms. The number of nitrogens with zero attached hydrogens (tertiary/aromatic N) is 5. The molecule has 1 fully saturated rings. The lowest BCUT2D eigenvalue weighted by atomic mass is 9.71. The van der Waals surface area contributed by atoms with E-state index in [1.807, 2.05) is 6.92 Å². The summed E-state index contributed by atoms with van der Waals surface area (Å²) >= 11 is 0. The molecule has 244 valence electrons. The molecule has 2 aliphatic heterocycles. The second-order valence-corrected chi connectivity index (χ2v) is 14.2. The Morgan fingerprint density at radius 3 is 2.50 bits per heavy atom. The average Bonchev–Trinajstić information content (AvgIpc) is 3.40. The number of carboxylic acid groups (broad SMARTS) is 1. The first-order chi connectivity index (χ1) is 21.6. The number of ether oxygens (including phenoxy) is 2. The van der Waals surface area contributed by atoms with Gasteiger partial charge >= 0.3 is 12.1 Å². The van der Waals surface area contributed by atoms with E-state index in [9.17, 15) is 31.5 Å². The lowest BCUT2D eigenvalue weighted by molar-refractivity contribution is -0.147. The number of carboxylic acids is 1. The van der Waals surface area contributed by atoms with E-state index in [1.165, 1.54) is 54.8 Å². The summed E-state index contributed by atoms with van der Waals surface area (Å²) in [6.07, 6.45) is -1.15. The second-order valence-electron chi connectivity index (χ2n) is 12.3. The van der Waals surface area contributed by atoms with Crippen molar-refractivity contribution in [1.82, 2.24) is 23.9 Å². The Balaban J connectivity index is 1.43. The van der Waals surface area contributed by atoms with Crippen LogP contribution in [0, 0.1) is 12.3 Å². The van der Waals surface area contributed by atoms with Crippen molar-refractivity contribution in [2.75, 3.05) is 19.8 Å². The van der Waals surface area contributed by atoms with E-state index >= 15 is 0 Å². The summed E-state index contributed by atoms with van der Waals surface area (Å²) in [6, 6.07) is 11.1. The molecule has 2 aliphatic rings. The first-order valence-corrected chi connectivity index (χ1v) is 16.0. The van der Waals surface area contributed by atoms with Crippen LogP contribution in [-0.2, 0) is 32.3 Å². The van der Waals surface area contributed by atoms with E-state index in [1.54, 1.807) is 18.2 Å². The van der Waals surface area contributed by atoms with E-state index in [2.05, 4.69) is 15.2 Å². The van der Waals surface area contributed by atoms with Gasteiger partial charge in [-0.2, -0.15) is 17.5 Å². The van der Waals surface area contributed by atoms with Crippen molar-refractivity contribution in [2.45, 2.75) is 62.7 Å². The molecule has 3 aromatic heterocycles. The number of aryl methyl sites for hydroxylation is 1. The van der Waals surface area contributed by atoms with Gasteiger partial charge in [-0.15, -0.1) is 10.2 Å². The van der Waals surface area contributed by atoms with Crippen LogP contribution < -0.4 is 4.74 Å². The first kappa shape index (κ1) is 31.9. The number of aliphatic carboxylic acids is 1. The summed E-state index contributed by atoms with van der Waals surface area (Å²) in [4.78, 5) is 16.8. The van der Waals surface area contributed by atoms with E-state index in [0.29, 0.717) is 42.7 Å². The molecule has 0 bridgehead atoms. The number of benzene rings is 1. The van der Waals surface area contributed by atoms with Crippen molar-refractivity contribution in [3.8, 4) is 5.88 Å². The Bertz CT molecular complexity index is 1920.